The SMILES string of the molecule is Cc1ccc(S(=O)(=O)N[C@@]2(C)C[C@H](CI)OC2=O)cc1. The molecule has 110 valence electrons. The van der Waals surface area contributed by atoms with Crippen LogP contribution in [0, 0.1) is 6.92 Å². The topological polar surface area (TPSA) is 72.5 Å². The van der Waals surface area contributed by atoms with Crippen LogP contribution < -0.4 is 4.72 Å². The second-order valence-electron chi connectivity index (χ2n) is 5.14. The fourth-order valence-electron chi connectivity index (χ4n) is 2.10. The van der Waals surface area contributed by atoms with Gasteiger partial charge in [0.2, 0.25) is 10.0 Å². The summed E-state index contributed by atoms with van der Waals surface area (Å²) in [6.45, 7) is 3.44. The van der Waals surface area contributed by atoms with Crippen LogP contribution in [0.2, 0.25) is 0 Å². The Kier molecular flexibility index (Phi) is 4.41. The van der Waals surface area contributed by atoms with Gasteiger partial charge >= 0.3 is 5.97 Å². The van der Waals surface area contributed by atoms with Crippen LogP contribution in [0.4, 0.5) is 0 Å². The summed E-state index contributed by atoms with van der Waals surface area (Å²) in [7, 11) is -3.74. The summed E-state index contributed by atoms with van der Waals surface area (Å²) < 4.78 is 32.9. The standard InChI is InChI=1S/C13H16INO4S/c1-9-3-5-11(6-4-9)20(17,18)15-13(2)7-10(8-14)19-12(13)16/h3-6,10,15H,7-8H2,1-2H3/t10-,13+/m1/s1. The third-order valence-corrected chi connectivity index (χ3v) is 5.82. The van der Waals surface area contributed by atoms with Gasteiger partial charge in [-0.15, -0.1) is 0 Å². The smallest absolute Gasteiger partial charge is 0.327 e. The largest absolute Gasteiger partial charge is 0.460 e. The number of alkyl halides is 1. The van der Waals surface area contributed by atoms with E-state index in [9.17, 15) is 13.2 Å². The molecule has 1 aromatic carbocycles. The zero-order valence-electron chi connectivity index (χ0n) is 11.2. The Morgan fingerprint density at radius 3 is 2.50 bits per heavy atom. The molecule has 2 atom stereocenters. The van der Waals surface area contributed by atoms with E-state index in [2.05, 4.69) is 27.3 Å². The van der Waals surface area contributed by atoms with Crippen molar-refractivity contribution in [1.29, 1.82) is 0 Å². The second-order valence-corrected chi connectivity index (χ2v) is 7.70. The highest BCUT2D eigenvalue weighted by atomic mass is 127. The van der Waals surface area contributed by atoms with Crippen LogP contribution in [0.1, 0.15) is 18.9 Å². The maximum Gasteiger partial charge on any atom is 0.327 e. The number of esters is 1. The number of carbonyl (C=O) groups excluding carboxylic acids is 1. The Morgan fingerprint density at radius 1 is 1.40 bits per heavy atom. The minimum absolute atomic E-state index is 0.148. The molecule has 1 aromatic rings. The Bertz CT molecular complexity index is 614. The van der Waals surface area contributed by atoms with Crippen molar-refractivity contribution in [3.63, 3.8) is 0 Å². The summed E-state index contributed by atoms with van der Waals surface area (Å²) in [5.74, 6) is -0.519. The number of ether oxygens (including phenoxy) is 1. The summed E-state index contributed by atoms with van der Waals surface area (Å²) in [6, 6.07) is 6.49. The van der Waals surface area contributed by atoms with Crippen LogP contribution in [-0.4, -0.2) is 30.5 Å². The molecule has 1 aliphatic rings. The summed E-state index contributed by atoms with van der Waals surface area (Å²) in [5, 5.41) is 0. The highest BCUT2D eigenvalue weighted by molar-refractivity contribution is 14.1. The van der Waals surface area contributed by atoms with Crippen molar-refractivity contribution in [2.75, 3.05) is 4.43 Å². The molecule has 1 saturated heterocycles. The van der Waals surface area contributed by atoms with Gasteiger partial charge in [0.1, 0.15) is 11.6 Å². The van der Waals surface area contributed by atoms with E-state index in [1.165, 1.54) is 12.1 Å². The molecule has 0 aromatic heterocycles. The maximum absolute atomic E-state index is 12.3. The molecular formula is C13H16INO4S. The van der Waals surface area contributed by atoms with Crippen molar-refractivity contribution in [2.45, 2.75) is 36.8 Å². The van der Waals surface area contributed by atoms with Crippen LogP contribution in [0.3, 0.4) is 0 Å². The minimum Gasteiger partial charge on any atom is -0.460 e. The van der Waals surface area contributed by atoms with Crippen molar-refractivity contribution in [3.05, 3.63) is 29.8 Å². The van der Waals surface area contributed by atoms with Gasteiger partial charge in [0.25, 0.3) is 0 Å². The highest BCUT2D eigenvalue weighted by Crippen LogP contribution is 2.28. The second kappa shape index (κ2) is 5.61. The molecular weight excluding hydrogens is 393 g/mol. The molecule has 7 heteroatoms. The molecule has 20 heavy (non-hydrogen) atoms. The van der Waals surface area contributed by atoms with Gasteiger partial charge in [0.15, 0.2) is 0 Å². The predicted molar refractivity (Wildman–Crippen MR) is 83.3 cm³/mol. The van der Waals surface area contributed by atoms with Gasteiger partial charge in [-0.25, -0.2) is 8.42 Å². The van der Waals surface area contributed by atoms with Gasteiger partial charge in [0.05, 0.1) is 4.90 Å². The lowest BCUT2D eigenvalue weighted by molar-refractivity contribution is -0.144. The van der Waals surface area contributed by atoms with Gasteiger partial charge in [-0.2, -0.15) is 4.72 Å². The lowest BCUT2D eigenvalue weighted by Gasteiger charge is -2.20. The summed E-state index contributed by atoms with van der Waals surface area (Å²) in [4.78, 5) is 12.0. The summed E-state index contributed by atoms with van der Waals surface area (Å²) in [6.07, 6.45) is 0.105. The Hall–Kier alpha value is -0.670. The van der Waals surface area contributed by atoms with Crippen LogP contribution in [0.25, 0.3) is 0 Å². The average Bonchev–Trinajstić information content (AvgIpc) is 2.64. The van der Waals surface area contributed by atoms with Crippen LogP contribution in [-0.2, 0) is 19.6 Å². The molecule has 1 heterocycles. The number of halogens is 1. The maximum atomic E-state index is 12.3. The van der Waals surface area contributed by atoms with Crippen molar-refractivity contribution >= 4 is 38.6 Å². The quantitative estimate of drug-likeness (QED) is 0.468. The molecule has 1 N–H and O–H groups in total. The van der Waals surface area contributed by atoms with Crippen LogP contribution in [0.5, 0.6) is 0 Å². The molecule has 5 nitrogen and oxygen atoms in total. The molecule has 0 unspecified atom stereocenters. The van der Waals surface area contributed by atoms with E-state index >= 15 is 0 Å². The average molecular weight is 409 g/mol. The first-order chi connectivity index (χ1) is 9.27. The summed E-state index contributed by atoms with van der Waals surface area (Å²) in [5.41, 5.74) is -0.222. The molecule has 0 spiro atoms. The van der Waals surface area contributed by atoms with Gasteiger partial charge in [-0.1, -0.05) is 40.3 Å². The molecule has 0 radical (unpaired) electrons. The van der Waals surface area contributed by atoms with Gasteiger partial charge in [-0.05, 0) is 26.0 Å². The first kappa shape index (κ1) is 15.7. The number of nitrogens with one attached hydrogen (secondary N) is 1. The van der Waals surface area contributed by atoms with Crippen molar-refractivity contribution in [1.82, 2.24) is 4.72 Å². The zero-order chi connectivity index (χ0) is 15.0. The first-order valence-corrected chi connectivity index (χ1v) is 9.15. The zero-order valence-corrected chi connectivity index (χ0v) is 14.2. The molecule has 2 rings (SSSR count). The number of carbonyl (C=O) groups is 1. The molecule has 0 bridgehead atoms. The Morgan fingerprint density at radius 2 is 2.00 bits per heavy atom. The van der Waals surface area contributed by atoms with Gasteiger partial charge in [-0.3, -0.25) is 4.79 Å². The van der Waals surface area contributed by atoms with E-state index in [4.69, 9.17) is 4.74 Å². The van der Waals surface area contributed by atoms with E-state index in [0.29, 0.717) is 10.8 Å². The van der Waals surface area contributed by atoms with Crippen molar-refractivity contribution in [3.8, 4) is 0 Å². The lowest BCUT2D eigenvalue weighted by atomic mass is 10.0. The van der Waals surface area contributed by atoms with E-state index in [-0.39, 0.29) is 11.0 Å². The van der Waals surface area contributed by atoms with E-state index in [1.54, 1.807) is 19.1 Å². The third-order valence-electron chi connectivity index (χ3n) is 3.22. The van der Waals surface area contributed by atoms with Crippen LogP contribution >= 0.6 is 22.6 Å². The Balaban J connectivity index is 2.24. The fourth-order valence-corrected chi connectivity index (χ4v) is 3.97. The fraction of sp³-hybridized carbons (Fsp3) is 0.462. The molecule has 0 saturated carbocycles. The van der Waals surface area contributed by atoms with E-state index in [1.807, 2.05) is 6.92 Å². The normalized spacial score (nSPS) is 26.6. The lowest BCUT2D eigenvalue weighted by Crippen LogP contribution is -2.49. The molecule has 1 fully saturated rings. The highest BCUT2D eigenvalue weighted by Gasteiger charge is 2.47. The number of rotatable bonds is 4. The van der Waals surface area contributed by atoms with Crippen molar-refractivity contribution < 1.29 is 17.9 Å². The van der Waals surface area contributed by atoms with Crippen LogP contribution in [0.15, 0.2) is 29.2 Å². The number of hydrogen-bond acceptors (Lipinski definition) is 4. The number of aryl methyl sites for hydroxylation is 1. The van der Waals surface area contributed by atoms with Crippen molar-refractivity contribution in [2.24, 2.45) is 0 Å². The molecule has 0 aliphatic carbocycles. The number of benzene rings is 1. The predicted octanol–water partition coefficient (Wildman–Crippen LogP) is 1.78. The number of sulfonamides is 1. The number of cyclic esters (lactones) is 1. The monoisotopic (exact) mass is 409 g/mol. The third kappa shape index (κ3) is 3.15. The molecule has 1 aliphatic heterocycles. The van der Waals surface area contributed by atoms with Gasteiger partial charge < -0.3 is 4.74 Å². The number of hydrogen-bond donors (Lipinski definition) is 1. The summed E-state index contributed by atoms with van der Waals surface area (Å²) >= 11 is 2.11. The van der Waals surface area contributed by atoms with E-state index < -0.39 is 21.5 Å². The van der Waals surface area contributed by atoms with Gasteiger partial charge in [0, 0.05) is 10.8 Å². The van der Waals surface area contributed by atoms with E-state index in [0.717, 1.165) is 5.56 Å². The molecule has 0 amide bonds. The first-order valence-electron chi connectivity index (χ1n) is 6.14. The minimum atomic E-state index is -3.74. The Labute approximate surface area is 132 Å².